The highest BCUT2D eigenvalue weighted by molar-refractivity contribution is 7.07. The Morgan fingerprint density at radius 2 is 1.69 bits per heavy atom. The van der Waals surface area contributed by atoms with Gasteiger partial charge in [0.25, 0.3) is 11.7 Å². The largest absolute Gasteiger partial charge is 0.456 e. The molecule has 0 aromatic carbocycles. The number of aliphatic hydroxyl groups is 3. The smallest absolute Gasteiger partial charge is 0.329 e. The van der Waals surface area contributed by atoms with E-state index in [1.54, 1.807) is 25.2 Å². The van der Waals surface area contributed by atoms with Gasteiger partial charge in [-0.05, 0) is 118 Å². The monoisotopic (exact) mass is 873 g/mol. The molecule has 61 heavy (non-hydrogen) atoms. The first-order valence-corrected chi connectivity index (χ1v) is 23.3. The SMILES string of the molecule is CC[C@@H]1/C=C(\C)C[C@H](C)C[C@H](OC)[C@H]2OC(O)(C(=O)C(=O)N3CCCC[C@H]3C(=O)O[C@H](/C(C)=C/[C@@H]3CC[C@@H](O)[C@H](OCc4ccsc4)C3)[C@H](C)[C@@H](O)CC1=O)[C@@H](C)C[C@@H]2OC. The number of thiophene rings is 1. The molecule has 13 nitrogen and oxygen atoms in total. The third kappa shape index (κ3) is 12.1. The van der Waals surface area contributed by atoms with Gasteiger partial charge >= 0.3 is 5.97 Å². The molecule has 2 bridgehead atoms. The van der Waals surface area contributed by atoms with Gasteiger partial charge in [0.1, 0.15) is 24.0 Å². The molecule has 0 spiro atoms. The number of carbonyl (C=O) groups excluding carboxylic acids is 4. The van der Waals surface area contributed by atoms with Gasteiger partial charge in [0.05, 0.1) is 37.1 Å². The van der Waals surface area contributed by atoms with Crippen LogP contribution in [0.1, 0.15) is 118 Å². The Morgan fingerprint density at radius 3 is 2.36 bits per heavy atom. The Kier molecular flexibility index (Phi) is 17.9. The van der Waals surface area contributed by atoms with Crippen LogP contribution in [0.15, 0.2) is 40.1 Å². The van der Waals surface area contributed by atoms with Gasteiger partial charge in [0.2, 0.25) is 5.79 Å². The number of piperidine rings is 1. The van der Waals surface area contributed by atoms with Crippen LogP contribution < -0.4 is 0 Å². The van der Waals surface area contributed by atoms with Crippen molar-refractivity contribution in [1.82, 2.24) is 4.90 Å². The number of cyclic esters (lactones) is 1. The molecule has 3 N–H and O–H groups in total. The fourth-order valence-electron chi connectivity index (χ4n) is 9.90. The number of methoxy groups -OCH3 is 2. The van der Waals surface area contributed by atoms with E-state index in [0.29, 0.717) is 63.5 Å². The summed E-state index contributed by atoms with van der Waals surface area (Å²) in [4.78, 5) is 58.1. The zero-order chi connectivity index (χ0) is 44.6. The van der Waals surface area contributed by atoms with Crippen LogP contribution in [-0.2, 0) is 49.5 Å². The van der Waals surface area contributed by atoms with Crippen LogP contribution >= 0.6 is 11.3 Å². The Hall–Kier alpha value is -2.82. The number of aliphatic hydroxyl groups excluding tert-OH is 2. The van der Waals surface area contributed by atoms with Crippen LogP contribution in [0.3, 0.4) is 0 Å². The quantitative estimate of drug-likeness (QED) is 0.156. The van der Waals surface area contributed by atoms with Crippen molar-refractivity contribution in [2.24, 2.45) is 29.6 Å². The summed E-state index contributed by atoms with van der Waals surface area (Å²) in [6.07, 6.45) is 3.51. The fourth-order valence-corrected chi connectivity index (χ4v) is 10.5. The lowest BCUT2D eigenvalue weighted by Gasteiger charge is -2.47. The van der Waals surface area contributed by atoms with Gasteiger partial charge in [-0.25, -0.2) is 4.79 Å². The normalized spacial score (nSPS) is 39.1. The lowest BCUT2D eigenvalue weighted by molar-refractivity contribution is -0.302. The maximum Gasteiger partial charge on any atom is 0.329 e. The molecule has 3 aliphatic heterocycles. The van der Waals surface area contributed by atoms with Crippen LogP contribution in [0, 0.1) is 29.6 Å². The van der Waals surface area contributed by atoms with Gasteiger partial charge in [-0.15, -0.1) is 0 Å². The number of fused-ring (bicyclic) bond motifs is 3. The molecule has 0 radical (unpaired) electrons. The van der Waals surface area contributed by atoms with Gasteiger partial charge in [0.15, 0.2) is 0 Å². The maximum absolute atomic E-state index is 14.4. The van der Waals surface area contributed by atoms with Gasteiger partial charge in [0, 0.05) is 44.9 Å². The lowest BCUT2D eigenvalue weighted by Crippen LogP contribution is -2.64. The van der Waals surface area contributed by atoms with Crippen LogP contribution in [0.25, 0.3) is 0 Å². The minimum Gasteiger partial charge on any atom is -0.456 e. The summed E-state index contributed by atoms with van der Waals surface area (Å²) in [5.74, 6) is -7.59. The van der Waals surface area contributed by atoms with Crippen molar-refractivity contribution in [1.29, 1.82) is 0 Å². The van der Waals surface area contributed by atoms with Crippen molar-refractivity contribution in [3.63, 3.8) is 0 Å². The average molecular weight is 874 g/mol. The molecule has 1 saturated carbocycles. The van der Waals surface area contributed by atoms with Gasteiger partial charge < -0.3 is 43.9 Å². The number of nitrogens with zero attached hydrogens (tertiary/aromatic N) is 1. The molecule has 3 fully saturated rings. The molecule has 1 amide bonds. The first-order chi connectivity index (χ1) is 29.0. The summed E-state index contributed by atoms with van der Waals surface area (Å²) in [5.41, 5.74) is 2.69. The first kappa shape index (κ1) is 49.2. The molecule has 4 heterocycles. The number of carbonyl (C=O) groups is 4. The molecule has 1 aromatic heterocycles. The summed E-state index contributed by atoms with van der Waals surface area (Å²) in [5, 5.41) is 38.7. The highest BCUT2D eigenvalue weighted by Gasteiger charge is 2.56. The second-order valence-electron chi connectivity index (χ2n) is 18.4. The molecule has 5 rings (SSSR count). The minimum atomic E-state index is -2.51. The molecular weight excluding hydrogens is 803 g/mol. The van der Waals surface area contributed by atoms with Gasteiger partial charge in [-0.1, -0.05) is 45.4 Å². The topological polar surface area (TPSA) is 178 Å². The molecule has 2 saturated heterocycles. The van der Waals surface area contributed by atoms with Gasteiger partial charge in [-0.3, -0.25) is 14.4 Å². The molecule has 14 atom stereocenters. The Morgan fingerprint density at radius 1 is 0.967 bits per heavy atom. The summed E-state index contributed by atoms with van der Waals surface area (Å²) in [6, 6.07) is 0.847. The van der Waals surface area contributed by atoms with Crippen molar-refractivity contribution in [3.8, 4) is 0 Å². The maximum atomic E-state index is 14.4. The molecule has 4 aliphatic rings. The molecule has 342 valence electrons. The van der Waals surface area contributed by atoms with E-state index in [9.17, 15) is 34.5 Å². The van der Waals surface area contributed by atoms with E-state index in [2.05, 4.69) is 6.92 Å². The van der Waals surface area contributed by atoms with Crippen LogP contribution in [0.2, 0.25) is 0 Å². The summed E-state index contributed by atoms with van der Waals surface area (Å²) in [7, 11) is 3.07. The number of ether oxygens (including phenoxy) is 5. The molecule has 1 aromatic rings. The van der Waals surface area contributed by atoms with E-state index in [4.69, 9.17) is 23.7 Å². The summed E-state index contributed by atoms with van der Waals surface area (Å²) >= 11 is 1.58. The van der Waals surface area contributed by atoms with Crippen molar-refractivity contribution in [2.75, 3.05) is 20.8 Å². The molecule has 14 heteroatoms. The lowest BCUT2D eigenvalue weighted by atomic mass is 9.81. The van der Waals surface area contributed by atoms with Crippen LogP contribution in [-0.4, -0.2) is 119 Å². The number of Topliss-reactive ketones (excluding diaryl/α,β-unsaturated/α-hetero) is 2. The summed E-state index contributed by atoms with van der Waals surface area (Å²) in [6.45, 7) is 11.7. The first-order valence-electron chi connectivity index (χ1n) is 22.4. The predicted octanol–water partition coefficient (Wildman–Crippen LogP) is 6.10. The standard InChI is InChI=1S/C47H71NO12S/c1-9-34-19-27(2)18-28(3)20-40(56-7)43-41(57-8)22-30(5)47(55,60-43)44(52)45(53)48-16-11-10-12-35(48)46(54)59-42(31(6)37(50)24-38(34)51)29(4)21-32-13-14-36(49)39(23-32)58-25-33-15-17-61-26-33/h15,17,19,21,26,28,30-32,34-37,39-43,49-50,55H,9-14,16,18,20,22-25H2,1-8H3/b27-19+,29-21+/t28-,30-,31+,32-,34+,35-,36+,37-,39+,40-,41-,42+,43+,47?/m0/s1. The zero-order valence-corrected chi connectivity index (χ0v) is 38.3. The Balaban J connectivity index is 1.49. The number of hydrogen-bond donors (Lipinski definition) is 3. The van der Waals surface area contributed by atoms with E-state index >= 15 is 0 Å². The Bertz CT molecular complexity index is 1700. The third-order valence-corrected chi connectivity index (χ3v) is 14.4. The average Bonchev–Trinajstić information content (AvgIpc) is 3.77. The van der Waals surface area contributed by atoms with E-state index < -0.39 is 90.0 Å². The number of esters is 1. The Labute approximate surface area is 366 Å². The fraction of sp³-hybridized carbons (Fsp3) is 0.745. The molecule has 1 unspecified atom stereocenters. The number of rotatable bonds is 8. The van der Waals surface area contributed by atoms with Crippen LogP contribution in [0.4, 0.5) is 0 Å². The zero-order valence-electron chi connectivity index (χ0n) is 37.5. The van der Waals surface area contributed by atoms with Crippen molar-refractivity contribution >= 4 is 34.8 Å². The second kappa shape index (κ2) is 22.2. The van der Waals surface area contributed by atoms with Gasteiger partial charge in [-0.2, -0.15) is 11.3 Å². The van der Waals surface area contributed by atoms with Crippen molar-refractivity contribution in [2.45, 2.75) is 173 Å². The molecule has 1 aliphatic carbocycles. The van der Waals surface area contributed by atoms with Crippen molar-refractivity contribution < 1.29 is 58.2 Å². The number of ketones is 2. The predicted molar refractivity (Wildman–Crippen MR) is 230 cm³/mol. The highest BCUT2D eigenvalue weighted by atomic mass is 32.1. The second-order valence-corrected chi connectivity index (χ2v) is 19.1. The highest BCUT2D eigenvalue weighted by Crippen LogP contribution is 2.39. The van der Waals surface area contributed by atoms with E-state index in [0.717, 1.165) is 11.1 Å². The van der Waals surface area contributed by atoms with E-state index in [-0.39, 0.29) is 43.4 Å². The van der Waals surface area contributed by atoms with E-state index in [1.165, 1.54) is 19.1 Å². The van der Waals surface area contributed by atoms with E-state index in [1.807, 2.05) is 49.7 Å². The minimum absolute atomic E-state index is 0.0300. The third-order valence-electron chi connectivity index (χ3n) is 13.6. The van der Waals surface area contributed by atoms with Crippen molar-refractivity contribution in [3.05, 3.63) is 45.7 Å². The number of hydrogen-bond acceptors (Lipinski definition) is 13. The molecular formula is C47H71NO12S. The number of amides is 1. The van der Waals surface area contributed by atoms with Crippen LogP contribution in [0.5, 0.6) is 0 Å². The summed E-state index contributed by atoms with van der Waals surface area (Å²) < 4.78 is 30.5. The number of allylic oxidation sites excluding steroid dienone is 3.